The molecular weight excluding hydrogens is 302 g/mol. The number of benzene rings is 1. The van der Waals surface area contributed by atoms with Crippen molar-refractivity contribution in [1.29, 1.82) is 0 Å². The van der Waals surface area contributed by atoms with Gasteiger partial charge in [-0.25, -0.2) is 0 Å². The van der Waals surface area contributed by atoms with Gasteiger partial charge >= 0.3 is 0 Å². The van der Waals surface area contributed by atoms with Crippen LogP contribution in [-0.2, 0) is 4.74 Å². The number of aliphatic hydroxyl groups is 5. The number of aliphatic hydroxyl groups excluding tert-OH is 5. The monoisotopic (exact) mass is 319 g/mol. The van der Waals surface area contributed by atoms with E-state index in [-0.39, 0.29) is 11.4 Å². The van der Waals surface area contributed by atoms with Crippen LogP contribution in [0.3, 0.4) is 0 Å². The Morgan fingerprint density at radius 3 is 2.05 bits per heavy atom. The summed E-state index contributed by atoms with van der Waals surface area (Å²) in [5.41, 5.74) is -0.0159. The molecule has 124 valence electrons. The molecule has 1 aromatic rings. The van der Waals surface area contributed by atoms with E-state index in [2.05, 4.69) is 4.74 Å². The third-order valence-electron chi connectivity index (χ3n) is 2.93. The Labute approximate surface area is 124 Å². The maximum Gasteiger partial charge on any atom is 0.269 e. The number of phenols is 1. The Morgan fingerprint density at radius 1 is 1.05 bits per heavy atom. The molecule has 0 saturated carbocycles. The lowest BCUT2D eigenvalue weighted by Gasteiger charge is -2.37. The minimum absolute atomic E-state index is 0.0159. The number of phenolic OH excluding ortho intramolecular Hbond substituents is 1. The number of rotatable bonds is 2. The minimum Gasteiger partial charge on any atom is -0.508 e. The number of nitro benzene ring substituents is 1. The smallest absolute Gasteiger partial charge is 0.269 e. The molecule has 10 heteroatoms. The number of aromatic hydroxyl groups is 1. The molecule has 0 radical (unpaired) electrons. The van der Waals surface area contributed by atoms with Crippen molar-refractivity contribution in [3.05, 3.63) is 34.4 Å². The van der Waals surface area contributed by atoms with Crippen LogP contribution < -0.4 is 0 Å². The van der Waals surface area contributed by atoms with Crippen molar-refractivity contribution in [2.75, 3.05) is 6.61 Å². The second-order valence-corrected chi connectivity index (χ2v) is 4.49. The van der Waals surface area contributed by atoms with Crippen LogP contribution in [0.4, 0.5) is 5.69 Å². The summed E-state index contributed by atoms with van der Waals surface area (Å²) >= 11 is 0. The highest BCUT2D eigenvalue weighted by Crippen LogP contribution is 2.19. The third kappa shape index (κ3) is 4.59. The molecule has 0 amide bonds. The highest BCUT2D eigenvalue weighted by Gasteiger charge is 2.42. The quantitative estimate of drug-likeness (QED) is 0.268. The Hall–Kier alpha value is -1.82. The number of nitrogens with zero attached hydrogens (tertiary/aromatic N) is 1. The molecular formula is C12H17NO9. The van der Waals surface area contributed by atoms with Gasteiger partial charge in [0.05, 0.1) is 11.5 Å². The van der Waals surface area contributed by atoms with Crippen LogP contribution in [0.1, 0.15) is 0 Å². The van der Waals surface area contributed by atoms with Crippen molar-refractivity contribution in [1.82, 2.24) is 0 Å². The molecule has 1 aromatic carbocycles. The van der Waals surface area contributed by atoms with Gasteiger partial charge in [0.1, 0.15) is 30.2 Å². The fourth-order valence-electron chi connectivity index (χ4n) is 1.66. The molecule has 1 heterocycles. The molecule has 10 nitrogen and oxygen atoms in total. The van der Waals surface area contributed by atoms with Crippen LogP contribution >= 0.6 is 0 Å². The zero-order valence-corrected chi connectivity index (χ0v) is 11.3. The summed E-state index contributed by atoms with van der Waals surface area (Å²) in [5.74, 6) is 0.0330. The predicted molar refractivity (Wildman–Crippen MR) is 70.7 cm³/mol. The van der Waals surface area contributed by atoms with Gasteiger partial charge in [0, 0.05) is 12.1 Å². The van der Waals surface area contributed by atoms with Crippen molar-refractivity contribution in [2.45, 2.75) is 30.7 Å². The van der Waals surface area contributed by atoms with E-state index in [1.165, 1.54) is 24.3 Å². The third-order valence-corrected chi connectivity index (χ3v) is 2.93. The topological polar surface area (TPSA) is 174 Å². The van der Waals surface area contributed by atoms with Crippen LogP contribution in [0, 0.1) is 10.1 Å². The molecule has 2 rings (SSSR count). The standard InChI is InChI=1S/C6H5NO3.C6H12O6/c8-6-3-1-5(2-4-6)7(9)10;7-1-2-3(8)4(9)5(10)6(11)12-2/h1-4,8H;2-11H,1H2/t;2-,3-,4+,5-,6?/m.1/s1. The first-order valence-electron chi connectivity index (χ1n) is 6.20. The Balaban J connectivity index is 0.000000224. The van der Waals surface area contributed by atoms with E-state index < -0.39 is 42.2 Å². The summed E-state index contributed by atoms with van der Waals surface area (Å²) in [6.45, 7) is -0.526. The number of nitro groups is 1. The maximum atomic E-state index is 10.0. The highest BCUT2D eigenvalue weighted by molar-refractivity contribution is 5.34. The summed E-state index contributed by atoms with van der Waals surface area (Å²) in [4.78, 5) is 9.52. The number of hydrogen-bond donors (Lipinski definition) is 6. The molecule has 0 spiro atoms. The first-order valence-corrected chi connectivity index (χ1v) is 6.20. The van der Waals surface area contributed by atoms with Gasteiger partial charge in [-0.2, -0.15) is 0 Å². The summed E-state index contributed by atoms with van der Waals surface area (Å²) in [6.07, 6.45) is -7.04. The lowest BCUT2D eigenvalue weighted by Crippen LogP contribution is -2.58. The van der Waals surface area contributed by atoms with Crippen molar-refractivity contribution in [2.24, 2.45) is 0 Å². The zero-order chi connectivity index (χ0) is 16.9. The van der Waals surface area contributed by atoms with Crippen LogP contribution in [0.5, 0.6) is 5.75 Å². The molecule has 6 N–H and O–H groups in total. The summed E-state index contributed by atoms with van der Waals surface area (Å²) in [5, 5.41) is 63.4. The highest BCUT2D eigenvalue weighted by atomic mass is 16.6. The van der Waals surface area contributed by atoms with E-state index in [0.29, 0.717) is 0 Å². The molecule has 0 aromatic heterocycles. The molecule has 0 bridgehead atoms. The largest absolute Gasteiger partial charge is 0.508 e. The summed E-state index contributed by atoms with van der Waals surface area (Å²) in [6, 6.07) is 5.04. The van der Waals surface area contributed by atoms with Crippen LogP contribution in [0.25, 0.3) is 0 Å². The summed E-state index contributed by atoms with van der Waals surface area (Å²) in [7, 11) is 0. The molecule has 1 unspecified atom stereocenters. The van der Waals surface area contributed by atoms with Gasteiger partial charge in [-0.05, 0) is 12.1 Å². The van der Waals surface area contributed by atoms with Crippen LogP contribution in [0.2, 0.25) is 0 Å². The van der Waals surface area contributed by atoms with Crippen molar-refractivity contribution in [3.8, 4) is 5.75 Å². The fraction of sp³-hybridized carbons (Fsp3) is 0.500. The Kier molecular flexibility index (Phi) is 6.61. The van der Waals surface area contributed by atoms with E-state index in [1.54, 1.807) is 0 Å². The van der Waals surface area contributed by atoms with E-state index >= 15 is 0 Å². The van der Waals surface area contributed by atoms with Crippen molar-refractivity contribution >= 4 is 5.69 Å². The van der Waals surface area contributed by atoms with Crippen molar-refractivity contribution in [3.63, 3.8) is 0 Å². The van der Waals surface area contributed by atoms with Gasteiger partial charge in [0.25, 0.3) is 5.69 Å². The first kappa shape index (κ1) is 18.2. The van der Waals surface area contributed by atoms with Gasteiger partial charge < -0.3 is 35.4 Å². The Morgan fingerprint density at radius 2 is 1.59 bits per heavy atom. The minimum atomic E-state index is -1.57. The van der Waals surface area contributed by atoms with E-state index in [0.717, 1.165) is 0 Å². The molecule has 1 aliphatic heterocycles. The molecule has 22 heavy (non-hydrogen) atoms. The van der Waals surface area contributed by atoms with Gasteiger partial charge in [0.2, 0.25) is 0 Å². The molecule has 0 aliphatic carbocycles. The van der Waals surface area contributed by atoms with E-state index in [4.69, 9.17) is 30.6 Å². The van der Waals surface area contributed by atoms with Crippen molar-refractivity contribution < 1.29 is 40.3 Å². The SMILES string of the molecule is O=[N+]([O-])c1ccc(O)cc1.OC[C@H]1OC(O)[C@H](O)[C@@H](O)[C@@H]1O. The summed E-state index contributed by atoms with van der Waals surface area (Å²) < 4.78 is 4.58. The van der Waals surface area contributed by atoms with Gasteiger partial charge in [-0.3, -0.25) is 10.1 Å². The van der Waals surface area contributed by atoms with E-state index in [9.17, 15) is 10.1 Å². The second kappa shape index (κ2) is 7.98. The fourth-order valence-corrected chi connectivity index (χ4v) is 1.66. The average Bonchev–Trinajstić information content (AvgIpc) is 2.50. The lowest BCUT2D eigenvalue weighted by molar-refractivity contribution is -0.384. The van der Waals surface area contributed by atoms with Crippen LogP contribution in [-0.4, -0.2) is 72.9 Å². The number of non-ortho nitro benzene ring substituents is 1. The van der Waals surface area contributed by atoms with Crippen LogP contribution in [0.15, 0.2) is 24.3 Å². The maximum absolute atomic E-state index is 10.0. The lowest BCUT2D eigenvalue weighted by atomic mass is 10.00. The molecule has 5 atom stereocenters. The van der Waals surface area contributed by atoms with Gasteiger partial charge in [-0.1, -0.05) is 0 Å². The first-order chi connectivity index (χ1) is 10.3. The molecule has 1 aliphatic rings. The predicted octanol–water partition coefficient (Wildman–Crippen LogP) is -1.92. The van der Waals surface area contributed by atoms with Gasteiger partial charge in [-0.15, -0.1) is 0 Å². The Bertz CT molecular complexity index is 475. The van der Waals surface area contributed by atoms with E-state index in [1.807, 2.05) is 0 Å². The molecule has 1 fully saturated rings. The number of hydrogen-bond acceptors (Lipinski definition) is 9. The normalized spacial score (nSPS) is 31.0. The zero-order valence-electron chi connectivity index (χ0n) is 11.3. The number of ether oxygens (including phenoxy) is 1. The second-order valence-electron chi connectivity index (χ2n) is 4.49. The van der Waals surface area contributed by atoms with Gasteiger partial charge in [0.15, 0.2) is 6.29 Å². The average molecular weight is 319 g/mol. The molecule has 1 saturated heterocycles.